The van der Waals surface area contributed by atoms with Crippen LogP contribution in [0.2, 0.25) is 0 Å². The number of nitrogens with zero attached hydrogens (tertiary/aromatic N) is 1. The quantitative estimate of drug-likeness (QED) is 0.222. The summed E-state index contributed by atoms with van der Waals surface area (Å²) in [6, 6.07) is 7.40. The van der Waals surface area contributed by atoms with Gasteiger partial charge in [0.25, 0.3) is 0 Å². The van der Waals surface area contributed by atoms with Gasteiger partial charge in [-0.25, -0.2) is 13.6 Å². The number of carbonyl (C=O) groups is 3. The number of aliphatic hydroxyl groups is 1. The lowest BCUT2D eigenvalue weighted by Gasteiger charge is -2.38. The van der Waals surface area contributed by atoms with Crippen LogP contribution in [0.25, 0.3) is 0 Å². The van der Waals surface area contributed by atoms with Crippen molar-refractivity contribution in [2.24, 2.45) is 5.92 Å². The van der Waals surface area contributed by atoms with Crippen molar-refractivity contribution in [2.45, 2.75) is 89.3 Å². The van der Waals surface area contributed by atoms with Crippen LogP contribution in [0.4, 0.5) is 22.4 Å². The van der Waals surface area contributed by atoms with E-state index < -0.39 is 83.7 Å². The van der Waals surface area contributed by atoms with E-state index in [9.17, 15) is 37.1 Å². The van der Waals surface area contributed by atoms with Crippen molar-refractivity contribution in [3.8, 4) is 5.75 Å². The van der Waals surface area contributed by atoms with Crippen molar-refractivity contribution in [2.75, 3.05) is 6.61 Å². The Bertz CT molecular complexity index is 1310. The summed E-state index contributed by atoms with van der Waals surface area (Å²) in [4.78, 5) is 40.5. The van der Waals surface area contributed by atoms with Crippen LogP contribution in [0.1, 0.15) is 58.4 Å². The molecule has 4 atom stereocenters. The van der Waals surface area contributed by atoms with Crippen molar-refractivity contribution in [3.63, 3.8) is 0 Å². The van der Waals surface area contributed by atoms with Crippen molar-refractivity contribution < 1.29 is 51.3 Å². The standard InChI is InChI=1S/C31H36F4N2O7/c1-31(2,3)44-25(39)14-23(24(38)16-42-28-26(34)21(32)13-22(33)27(28)35)36-29(40)18-11-19-9-10-20(12-18)37(19)30(41)43-15-17-7-5-4-6-8-17/h4-8,13,18-20,23-24,38H,9-12,14-16H2,1-3H3,(H,36,40)/t18?,19?,20?,23-,24?/m0/s1. The molecular formula is C31H36F4N2O7. The molecule has 2 aromatic rings. The number of rotatable bonds is 10. The topological polar surface area (TPSA) is 114 Å². The van der Waals surface area contributed by atoms with E-state index in [1.54, 1.807) is 25.7 Å². The number of halogens is 4. The third-order valence-corrected chi connectivity index (χ3v) is 7.59. The Hall–Kier alpha value is -3.87. The van der Waals surface area contributed by atoms with Crippen LogP contribution in [-0.2, 0) is 25.7 Å². The van der Waals surface area contributed by atoms with Gasteiger partial charge in [0, 0.05) is 24.1 Å². The molecule has 240 valence electrons. The predicted molar refractivity (Wildman–Crippen MR) is 148 cm³/mol. The largest absolute Gasteiger partial charge is 0.485 e. The lowest BCUT2D eigenvalue weighted by Crippen LogP contribution is -2.53. The smallest absolute Gasteiger partial charge is 0.410 e. The van der Waals surface area contributed by atoms with E-state index in [1.165, 1.54) is 0 Å². The molecule has 2 amide bonds. The zero-order valence-corrected chi connectivity index (χ0v) is 24.7. The minimum absolute atomic E-state index is 0.0148. The van der Waals surface area contributed by atoms with Crippen LogP contribution in [-0.4, -0.2) is 64.4 Å². The Labute approximate surface area is 252 Å². The summed E-state index contributed by atoms with van der Waals surface area (Å²) in [6.45, 7) is 4.06. The number of amides is 2. The molecule has 2 heterocycles. The Morgan fingerprint density at radius 1 is 1.00 bits per heavy atom. The fraction of sp³-hybridized carbons (Fsp3) is 0.516. The Kier molecular flexibility index (Phi) is 10.4. The number of fused-ring (bicyclic) bond motifs is 2. The molecule has 0 spiro atoms. The molecule has 4 rings (SSSR count). The van der Waals surface area contributed by atoms with E-state index in [2.05, 4.69) is 5.32 Å². The van der Waals surface area contributed by atoms with Gasteiger partial charge >= 0.3 is 12.1 Å². The second kappa shape index (κ2) is 13.8. The van der Waals surface area contributed by atoms with Gasteiger partial charge in [0.15, 0.2) is 17.4 Å². The number of esters is 1. The predicted octanol–water partition coefficient (Wildman–Crippen LogP) is 4.78. The summed E-state index contributed by atoms with van der Waals surface area (Å²) in [5, 5.41) is 13.4. The van der Waals surface area contributed by atoms with Crippen molar-refractivity contribution >= 4 is 18.0 Å². The molecule has 2 saturated heterocycles. The summed E-state index contributed by atoms with van der Waals surface area (Å²) >= 11 is 0. The number of hydrogen-bond acceptors (Lipinski definition) is 7. The third-order valence-electron chi connectivity index (χ3n) is 7.59. The molecule has 44 heavy (non-hydrogen) atoms. The van der Waals surface area contributed by atoms with Gasteiger partial charge in [-0.1, -0.05) is 30.3 Å². The summed E-state index contributed by atoms with van der Waals surface area (Å²) in [5.41, 5.74) is -0.0476. The number of benzene rings is 2. The highest BCUT2D eigenvalue weighted by atomic mass is 19.2. The van der Waals surface area contributed by atoms with Crippen LogP contribution < -0.4 is 10.1 Å². The third kappa shape index (κ3) is 8.19. The Balaban J connectivity index is 1.41. The Morgan fingerprint density at radius 3 is 2.16 bits per heavy atom. The molecule has 0 saturated carbocycles. The van der Waals surface area contributed by atoms with Crippen LogP contribution in [0, 0.1) is 29.2 Å². The van der Waals surface area contributed by atoms with E-state index in [0.717, 1.165) is 5.56 Å². The lowest BCUT2D eigenvalue weighted by atomic mass is 9.89. The van der Waals surface area contributed by atoms with Crippen LogP contribution in [0.3, 0.4) is 0 Å². The molecule has 2 aliphatic heterocycles. The summed E-state index contributed by atoms with van der Waals surface area (Å²) < 4.78 is 71.0. The highest BCUT2D eigenvalue weighted by Crippen LogP contribution is 2.39. The zero-order valence-electron chi connectivity index (χ0n) is 24.7. The monoisotopic (exact) mass is 624 g/mol. The minimum atomic E-state index is -1.80. The average Bonchev–Trinajstić information content (AvgIpc) is 3.22. The van der Waals surface area contributed by atoms with Crippen LogP contribution in [0.5, 0.6) is 5.75 Å². The normalized spacial score (nSPS) is 20.9. The maximum atomic E-state index is 14.1. The van der Waals surface area contributed by atoms with Gasteiger partial charge in [0.2, 0.25) is 17.5 Å². The number of aliphatic hydroxyl groups excluding tert-OH is 1. The van der Waals surface area contributed by atoms with Gasteiger partial charge in [-0.15, -0.1) is 0 Å². The van der Waals surface area contributed by atoms with Gasteiger partial charge in [-0.2, -0.15) is 8.78 Å². The molecule has 2 fully saturated rings. The molecule has 3 unspecified atom stereocenters. The van der Waals surface area contributed by atoms with Gasteiger partial charge in [0.1, 0.15) is 24.9 Å². The number of carbonyl (C=O) groups excluding carboxylic acids is 3. The molecule has 0 radical (unpaired) electrons. The van der Waals surface area contributed by atoms with Gasteiger partial charge in [-0.3, -0.25) is 9.59 Å². The van der Waals surface area contributed by atoms with Gasteiger partial charge in [-0.05, 0) is 52.0 Å². The first-order chi connectivity index (χ1) is 20.7. The van der Waals surface area contributed by atoms with Crippen molar-refractivity contribution in [1.82, 2.24) is 10.2 Å². The first-order valence-corrected chi connectivity index (χ1v) is 14.4. The van der Waals surface area contributed by atoms with E-state index in [1.807, 2.05) is 30.3 Å². The second-order valence-corrected chi connectivity index (χ2v) is 12.1. The second-order valence-electron chi connectivity index (χ2n) is 12.1. The van der Waals surface area contributed by atoms with E-state index in [4.69, 9.17) is 14.2 Å². The van der Waals surface area contributed by atoms with E-state index >= 15 is 0 Å². The average molecular weight is 625 g/mol. The fourth-order valence-electron chi connectivity index (χ4n) is 5.59. The first-order valence-electron chi connectivity index (χ1n) is 14.4. The summed E-state index contributed by atoms with van der Waals surface area (Å²) in [7, 11) is 0. The van der Waals surface area contributed by atoms with Crippen molar-refractivity contribution in [1.29, 1.82) is 0 Å². The van der Waals surface area contributed by atoms with Gasteiger partial charge in [0.05, 0.1) is 12.5 Å². The van der Waals surface area contributed by atoms with Crippen molar-refractivity contribution in [3.05, 3.63) is 65.2 Å². The number of hydrogen-bond donors (Lipinski definition) is 2. The molecule has 2 bridgehead atoms. The zero-order chi connectivity index (χ0) is 32.2. The molecule has 0 aliphatic carbocycles. The molecule has 2 N–H and O–H groups in total. The van der Waals surface area contributed by atoms with Crippen LogP contribution >= 0.6 is 0 Å². The molecular weight excluding hydrogens is 588 g/mol. The van der Waals surface area contributed by atoms with E-state index in [0.29, 0.717) is 25.7 Å². The fourth-order valence-corrected chi connectivity index (χ4v) is 5.59. The highest BCUT2D eigenvalue weighted by molar-refractivity contribution is 5.81. The summed E-state index contributed by atoms with van der Waals surface area (Å²) in [5.74, 6) is -10.2. The number of nitrogens with one attached hydrogen (secondary N) is 1. The Morgan fingerprint density at radius 2 is 1.59 bits per heavy atom. The van der Waals surface area contributed by atoms with Crippen LogP contribution in [0.15, 0.2) is 36.4 Å². The van der Waals surface area contributed by atoms with Gasteiger partial charge < -0.3 is 29.5 Å². The first kappa shape index (κ1) is 33.0. The minimum Gasteiger partial charge on any atom is -0.485 e. The molecule has 9 nitrogen and oxygen atoms in total. The molecule has 13 heteroatoms. The number of piperidine rings is 1. The molecule has 2 aliphatic rings. The molecule has 2 aromatic carbocycles. The summed E-state index contributed by atoms with van der Waals surface area (Å²) in [6.07, 6.45) is -0.762. The number of ether oxygens (including phenoxy) is 3. The maximum Gasteiger partial charge on any atom is 0.410 e. The molecule has 0 aromatic heterocycles. The maximum absolute atomic E-state index is 14.1. The van der Waals surface area contributed by atoms with E-state index in [-0.39, 0.29) is 24.8 Å². The lowest BCUT2D eigenvalue weighted by molar-refractivity contribution is -0.156. The SMILES string of the molecule is CC(C)(C)OC(=O)C[C@H](NC(=O)C1CC2CCC(C1)N2C(=O)OCc1ccccc1)C(O)COc1c(F)c(F)cc(F)c1F. The highest BCUT2D eigenvalue weighted by Gasteiger charge is 2.46.